The summed E-state index contributed by atoms with van der Waals surface area (Å²) in [5.74, 6) is 0.401. The Morgan fingerprint density at radius 1 is 1.00 bits per heavy atom. The second kappa shape index (κ2) is 7.66. The van der Waals surface area contributed by atoms with Gasteiger partial charge in [-0.3, -0.25) is 4.79 Å². The van der Waals surface area contributed by atoms with Crippen LogP contribution >= 0.6 is 0 Å². The Labute approximate surface area is 156 Å². The summed E-state index contributed by atoms with van der Waals surface area (Å²) in [5.41, 5.74) is 4.11. The van der Waals surface area contributed by atoms with E-state index in [2.05, 4.69) is 15.3 Å². The highest BCUT2D eigenvalue weighted by Crippen LogP contribution is 2.23. The number of fused-ring (bicyclic) bond motifs is 1. The number of pyridine rings is 1. The molecule has 4 aromatic rings. The standard InChI is InChI=1S/C22H17N3O2/c26-20(13-10-16-5-2-1-3-6-16)24-15-17-8-11-18(12-9-17)22-25-21-19(27-22)7-4-14-23-21/h1-14H,15H2,(H,24,26). The van der Waals surface area contributed by atoms with E-state index in [1.54, 1.807) is 12.3 Å². The third-order valence-electron chi connectivity index (χ3n) is 4.06. The molecule has 1 amide bonds. The Kier molecular flexibility index (Phi) is 4.74. The Morgan fingerprint density at radius 2 is 1.81 bits per heavy atom. The predicted molar refractivity (Wildman–Crippen MR) is 105 cm³/mol. The average Bonchev–Trinajstić information content (AvgIpc) is 3.16. The van der Waals surface area contributed by atoms with Crippen LogP contribution in [-0.2, 0) is 11.3 Å². The number of nitrogens with zero attached hydrogens (tertiary/aromatic N) is 2. The second-order valence-electron chi connectivity index (χ2n) is 6.00. The minimum absolute atomic E-state index is 0.132. The fourth-order valence-electron chi connectivity index (χ4n) is 2.64. The van der Waals surface area contributed by atoms with E-state index in [-0.39, 0.29) is 5.91 Å². The van der Waals surface area contributed by atoms with Gasteiger partial charge in [0.2, 0.25) is 11.8 Å². The lowest BCUT2D eigenvalue weighted by Gasteiger charge is -2.03. The number of hydrogen-bond acceptors (Lipinski definition) is 4. The zero-order valence-electron chi connectivity index (χ0n) is 14.5. The van der Waals surface area contributed by atoms with Gasteiger partial charge in [-0.1, -0.05) is 42.5 Å². The maximum absolute atomic E-state index is 11.9. The molecule has 0 spiro atoms. The molecule has 0 aliphatic rings. The maximum atomic E-state index is 11.9. The van der Waals surface area contributed by atoms with Crippen molar-refractivity contribution in [2.75, 3.05) is 0 Å². The molecule has 0 aliphatic heterocycles. The molecule has 0 unspecified atom stereocenters. The number of aromatic nitrogens is 2. The second-order valence-corrected chi connectivity index (χ2v) is 6.00. The first-order valence-electron chi connectivity index (χ1n) is 8.60. The minimum atomic E-state index is -0.132. The van der Waals surface area contributed by atoms with Crippen LogP contribution in [0.25, 0.3) is 28.8 Å². The molecule has 0 radical (unpaired) electrons. The highest BCUT2D eigenvalue weighted by Gasteiger charge is 2.08. The van der Waals surface area contributed by atoms with Crippen molar-refractivity contribution in [3.63, 3.8) is 0 Å². The van der Waals surface area contributed by atoms with E-state index in [0.29, 0.717) is 23.7 Å². The summed E-state index contributed by atoms with van der Waals surface area (Å²) < 4.78 is 5.71. The van der Waals surface area contributed by atoms with Crippen molar-refractivity contribution in [1.82, 2.24) is 15.3 Å². The molecule has 27 heavy (non-hydrogen) atoms. The molecule has 0 saturated carbocycles. The Hall–Kier alpha value is -3.73. The quantitative estimate of drug-likeness (QED) is 0.544. The van der Waals surface area contributed by atoms with Crippen LogP contribution in [0.15, 0.2) is 83.4 Å². The van der Waals surface area contributed by atoms with E-state index < -0.39 is 0 Å². The Morgan fingerprint density at radius 3 is 2.59 bits per heavy atom. The zero-order chi connectivity index (χ0) is 18.5. The number of rotatable bonds is 5. The van der Waals surface area contributed by atoms with E-state index in [0.717, 1.165) is 16.7 Å². The summed E-state index contributed by atoms with van der Waals surface area (Å²) in [6, 6.07) is 21.1. The monoisotopic (exact) mass is 355 g/mol. The molecule has 0 atom stereocenters. The summed E-state index contributed by atoms with van der Waals surface area (Å²) in [4.78, 5) is 20.5. The smallest absolute Gasteiger partial charge is 0.244 e. The van der Waals surface area contributed by atoms with Crippen LogP contribution in [-0.4, -0.2) is 15.9 Å². The van der Waals surface area contributed by atoms with Gasteiger partial charge in [-0.15, -0.1) is 0 Å². The minimum Gasteiger partial charge on any atom is -0.434 e. The number of hydrogen-bond donors (Lipinski definition) is 1. The van der Waals surface area contributed by atoms with E-state index in [9.17, 15) is 4.79 Å². The van der Waals surface area contributed by atoms with Gasteiger partial charge < -0.3 is 9.73 Å². The summed E-state index contributed by atoms with van der Waals surface area (Å²) in [5, 5.41) is 2.88. The van der Waals surface area contributed by atoms with Gasteiger partial charge in [0.15, 0.2) is 11.2 Å². The summed E-state index contributed by atoms with van der Waals surface area (Å²) in [6.07, 6.45) is 5.02. The van der Waals surface area contributed by atoms with Crippen LogP contribution < -0.4 is 5.32 Å². The fourth-order valence-corrected chi connectivity index (χ4v) is 2.64. The highest BCUT2D eigenvalue weighted by molar-refractivity contribution is 5.91. The normalized spacial score (nSPS) is 11.1. The van der Waals surface area contributed by atoms with Crippen LogP contribution in [0, 0.1) is 0 Å². The zero-order valence-corrected chi connectivity index (χ0v) is 14.5. The van der Waals surface area contributed by atoms with Crippen molar-refractivity contribution < 1.29 is 9.21 Å². The van der Waals surface area contributed by atoms with E-state index in [1.807, 2.05) is 66.7 Å². The number of benzene rings is 2. The Balaban J connectivity index is 1.38. The molecular weight excluding hydrogens is 338 g/mol. The van der Waals surface area contributed by atoms with Crippen molar-refractivity contribution in [3.05, 3.63) is 90.1 Å². The van der Waals surface area contributed by atoms with Gasteiger partial charge in [0, 0.05) is 24.4 Å². The Bertz CT molecular complexity index is 1050. The van der Waals surface area contributed by atoms with Gasteiger partial charge in [-0.2, -0.15) is 4.98 Å². The number of carbonyl (C=O) groups is 1. The molecule has 4 rings (SSSR count). The number of oxazole rings is 1. The van der Waals surface area contributed by atoms with E-state index >= 15 is 0 Å². The van der Waals surface area contributed by atoms with Crippen molar-refractivity contribution >= 4 is 23.2 Å². The van der Waals surface area contributed by atoms with E-state index in [4.69, 9.17) is 4.42 Å². The first-order valence-corrected chi connectivity index (χ1v) is 8.60. The molecule has 2 heterocycles. The van der Waals surface area contributed by atoms with Crippen LogP contribution in [0.4, 0.5) is 0 Å². The molecule has 0 fully saturated rings. The number of carbonyl (C=O) groups excluding carboxylic acids is 1. The van der Waals surface area contributed by atoms with E-state index in [1.165, 1.54) is 6.08 Å². The maximum Gasteiger partial charge on any atom is 0.244 e. The molecule has 5 nitrogen and oxygen atoms in total. The highest BCUT2D eigenvalue weighted by atomic mass is 16.3. The third-order valence-corrected chi connectivity index (χ3v) is 4.06. The number of nitrogens with one attached hydrogen (secondary N) is 1. The van der Waals surface area contributed by atoms with Crippen molar-refractivity contribution in [1.29, 1.82) is 0 Å². The lowest BCUT2D eigenvalue weighted by Crippen LogP contribution is -2.20. The van der Waals surface area contributed by atoms with Gasteiger partial charge in [0.1, 0.15) is 0 Å². The lowest BCUT2D eigenvalue weighted by atomic mass is 10.1. The third kappa shape index (κ3) is 4.10. The fraction of sp³-hybridized carbons (Fsp3) is 0.0455. The van der Waals surface area contributed by atoms with Gasteiger partial charge >= 0.3 is 0 Å². The average molecular weight is 355 g/mol. The summed E-state index contributed by atoms with van der Waals surface area (Å²) in [7, 11) is 0. The summed E-state index contributed by atoms with van der Waals surface area (Å²) >= 11 is 0. The van der Waals surface area contributed by atoms with Gasteiger partial charge in [0.25, 0.3) is 0 Å². The SMILES string of the molecule is O=C(C=Cc1ccccc1)NCc1ccc(-c2nc3ncccc3o2)cc1. The van der Waals surface area contributed by atoms with Crippen LogP contribution in [0.3, 0.4) is 0 Å². The molecule has 2 aromatic carbocycles. The molecular formula is C22H17N3O2. The van der Waals surface area contributed by atoms with Gasteiger partial charge in [-0.05, 0) is 41.5 Å². The van der Waals surface area contributed by atoms with Gasteiger partial charge in [0.05, 0.1) is 0 Å². The van der Waals surface area contributed by atoms with Crippen LogP contribution in [0.2, 0.25) is 0 Å². The van der Waals surface area contributed by atoms with Crippen LogP contribution in [0.5, 0.6) is 0 Å². The molecule has 0 aliphatic carbocycles. The first-order chi connectivity index (χ1) is 13.3. The lowest BCUT2D eigenvalue weighted by molar-refractivity contribution is -0.116. The summed E-state index contributed by atoms with van der Waals surface area (Å²) in [6.45, 7) is 0.452. The first kappa shape index (κ1) is 16.7. The number of amides is 1. The molecule has 5 heteroatoms. The van der Waals surface area contributed by atoms with Crippen molar-refractivity contribution in [2.24, 2.45) is 0 Å². The van der Waals surface area contributed by atoms with Crippen molar-refractivity contribution in [2.45, 2.75) is 6.54 Å². The molecule has 2 aromatic heterocycles. The predicted octanol–water partition coefficient (Wildman–Crippen LogP) is 4.22. The molecule has 0 saturated heterocycles. The molecule has 132 valence electrons. The van der Waals surface area contributed by atoms with Crippen LogP contribution in [0.1, 0.15) is 11.1 Å². The molecule has 0 bridgehead atoms. The molecule has 1 N–H and O–H groups in total. The largest absolute Gasteiger partial charge is 0.434 e. The van der Waals surface area contributed by atoms with Crippen molar-refractivity contribution in [3.8, 4) is 11.5 Å². The van der Waals surface area contributed by atoms with Gasteiger partial charge in [-0.25, -0.2) is 4.98 Å². The topological polar surface area (TPSA) is 68.0 Å².